The number of aliphatic hydroxyl groups excluding tert-OH is 1. The molecular weight excluding hydrogens is 264 g/mol. The van der Waals surface area contributed by atoms with Gasteiger partial charge in [-0.3, -0.25) is 0 Å². The SMILES string of the molecule is CC(CO)CNCCS(=O)(=O)c1ccc(C#N)cc1. The molecule has 0 heterocycles. The van der Waals surface area contributed by atoms with E-state index in [1.54, 1.807) is 0 Å². The molecule has 0 aromatic heterocycles. The maximum Gasteiger partial charge on any atom is 0.179 e. The fourth-order valence-electron chi connectivity index (χ4n) is 1.47. The van der Waals surface area contributed by atoms with Crippen molar-refractivity contribution in [3.8, 4) is 6.07 Å². The van der Waals surface area contributed by atoms with Gasteiger partial charge in [-0.05, 0) is 36.7 Å². The van der Waals surface area contributed by atoms with Crippen LogP contribution in [0.25, 0.3) is 0 Å². The van der Waals surface area contributed by atoms with Crippen molar-refractivity contribution in [1.29, 1.82) is 5.26 Å². The summed E-state index contributed by atoms with van der Waals surface area (Å²) in [6, 6.07) is 7.83. The van der Waals surface area contributed by atoms with E-state index < -0.39 is 9.84 Å². The second kappa shape index (κ2) is 7.24. The van der Waals surface area contributed by atoms with Crippen molar-refractivity contribution in [3.05, 3.63) is 29.8 Å². The maximum absolute atomic E-state index is 12.0. The average molecular weight is 282 g/mol. The lowest BCUT2D eigenvalue weighted by Gasteiger charge is -2.09. The average Bonchev–Trinajstić information content (AvgIpc) is 2.43. The molecule has 1 aromatic rings. The van der Waals surface area contributed by atoms with E-state index in [0.29, 0.717) is 18.7 Å². The number of rotatable bonds is 7. The summed E-state index contributed by atoms with van der Waals surface area (Å²) in [4.78, 5) is 0.225. The summed E-state index contributed by atoms with van der Waals surface area (Å²) in [5.74, 6) is 0.106. The fraction of sp³-hybridized carbons (Fsp3) is 0.462. The molecule has 2 N–H and O–H groups in total. The standard InChI is InChI=1S/C13H18N2O3S/c1-11(10-16)9-15-6-7-19(17,18)13-4-2-12(8-14)3-5-13/h2-5,11,15-16H,6-7,9-10H2,1H3. The summed E-state index contributed by atoms with van der Waals surface area (Å²) >= 11 is 0. The molecular formula is C13H18N2O3S. The first-order chi connectivity index (χ1) is 8.99. The van der Waals surface area contributed by atoms with Crippen LogP contribution in [0.2, 0.25) is 0 Å². The smallest absolute Gasteiger partial charge is 0.179 e. The quantitative estimate of drug-likeness (QED) is 0.713. The van der Waals surface area contributed by atoms with Gasteiger partial charge in [0.15, 0.2) is 9.84 Å². The van der Waals surface area contributed by atoms with Gasteiger partial charge in [0.25, 0.3) is 0 Å². The van der Waals surface area contributed by atoms with Crippen molar-refractivity contribution in [2.24, 2.45) is 5.92 Å². The number of nitrogens with zero attached hydrogens (tertiary/aromatic N) is 1. The number of hydrogen-bond acceptors (Lipinski definition) is 5. The minimum Gasteiger partial charge on any atom is -0.396 e. The second-order valence-corrected chi connectivity index (χ2v) is 6.56. The van der Waals surface area contributed by atoms with Crippen molar-refractivity contribution in [2.75, 3.05) is 25.4 Å². The molecule has 1 rings (SSSR count). The molecule has 0 aliphatic heterocycles. The number of hydrogen-bond donors (Lipinski definition) is 2. The molecule has 1 atom stereocenters. The number of sulfone groups is 1. The Labute approximate surface area is 113 Å². The molecule has 0 spiro atoms. The lowest BCUT2D eigenvalue weighted by atomic mass is 10.2. The first kappa shape index (κ1) is 15.6. The Balaban J connectivity index is 2.54. The molecule has 104 valence electrons. The number of benzene rings is 1. The number of aliphatic hydroxyl groups is 1. The van der Waals surface area contributed by atoms with Crippen LogP contribution < -0.4 is 5.32 Å². The molecule has 5 nitrogen and oxygen atoms in total. The van der Waals surface area contributed by atoms with Gasteiger partial charge >= 0.3 is 0 Å². The van der Waals surface area contributed by atoms with Crippen molar-refractivity contribution in [2.45, 2.75) is 11.8 Å². The van der Waals surface area contributed by atoms with Gasteiger partial charge in [0, 0.05) is 13.2 Å². The van der Waals surface area contributed by atoms with Gasteiger partial charge in [0.1, 0.15) is 0 Å². The highest BCUT2D eigenvalue weighted by molar-refractivity contribution is 7.91. The topological polar surface area (TPSA) is 90.2 Å². The van der Waals surface area contributed by atoms with Gasteiger partial charge in [-0.1, -0.05) is 6.92 Å². The predicted octanol–water partition coefficient (Wildman–Crippen LogP) is 0.550. The van der Waals surface area contributed by atoms with E-state index in [0.717, 1.165) is 0 Å². The summed E-state index contributed by atoms with van der Waals surface area (Å²) in [6.07, 6.45) is 0. The molecule has 0 saturated heterocycles. The van der Waals surface area contributed by atoms with Crippen LogP contribution in [0.1, 0.15) is 12.5 Å². The molecule has 1 unspecified atom stereocenters. The third kappa shape index (κ3) is 4.99. The van der Waals surface area contributed by atoms with Crippen molar-refractivity contribution >= 4 is 9.84 Å². The van der Waals surface area contributed by atoms with Crippen LogP contribution in [0, 0.1) is 17.2 Å². The van der Waals surface area contributed by atoms with E-state index in [1.807, 2.05) is 13.0 Å². The molecule has 0 bridgehead atoms. The van der Waals surface area contributed by atoms with Crippen molar-refractivity contribution in [1.82, 2.24) is 5.32 Å². The Hall–Kier alpha value is -1.42. The molecule has 6 heteroatoms. The normalized spacial score (nSPS) is 12.9. The van der Waals surface area contributed by atoms with E-state index in [-0.39, 0.29) is 23.2 Å². The Morgan fingerprint density at radius 1 is 1.37 bits per heavy atom. The van der Waals surface area contributed by atoms with Crippen molar-refractivity contribution in [3.63, 3.8) is 0 Å². The van der Waals surface area contributed by atoms with E-state index >= 15 is 0 Å². The van der Waals surface area contributed by atoms with E-state index in [9.17, 15) is 8.42 Å². The van der Waals surface area contributed by atoms with Crippen LogP contribution in [0.4, 0.5) is 0 Å². The zero-order chi connectivity index (χ0) is 14.3. The predicted molar refractivity (Wildman–Crippen MR) is 72.3 cm³/mol. The summed E-state index contributed by atoms with van der Waals surface area (Å²) < 4.78 is 23.9. The van der Waals surface area contributed by atoms with Gasteiger partial charge < -0.3 is 10.4 Å². The highest BCUT2D eigenvalue weighted by atomic mass is 32.2. The summed E-state index contributed by atoms with van der Waals surface area (Å²) in [6.45, 7) is 2.88. The van der Waals surface area contributed by atoms with Gasteiger partial charge in [-0.2, -0.15) is 5.26 Å². The highest BCUT2D eigenvalue weighted by Crippen LogP contribution is 2.11. The van der Waals surface area contributed by atoms with Gasteiger partial charge in [0.05, 0.1) is 22.3 Å². The molecule has 0 fully saturated rings. The largest absolute Gasteiger partial charge is 0.396 e. The number of nitriles is 1. The molecule has 0 saturated carbocycles. The highest BCUT2D eigenvalue weighted by Gasteiger charge is 2.13. The lowest BCUT2D eigenvalue weighted by molar-refractivity contribution is 0.234. The van der Waals surface area contributed by atoms with E-state index in [1.165, 1.54) is 24.3 Å². The summed E-state index contributed by atoms with van der Waals surface area (Å²) in [7, 11) is -3.32. The van der Waals surface area contributed by atoms with Crippen molar-refractivity contribution < 1.29 is 13.5 Å². The maximum atomic E-state index is 12.0. The first-order valence-electron chi connectivity index (χ1n) is 6.04. The monoisotopic (exact) mass is 282 g/mol. The molecule has 19 heavy (non-hydrogen) atoms. The summed E-state index contributed by atoms with van der Waals surface area (Å²) in [5.41, 5.74) is 0.439. The van der Waals surface area contributed by atoms with Crippen LogP contribution in [0.3, 0.4) is 0 Å². The first-order valence-corrected chi connectivity index (χ1v) is 7.69. The third-order valence-electron chi connectivity index (χ3n) is 2.69. The van der Waals surface area contributed by atoms with E-state index in [2.05, 4.69) is 5.32 Å². The second-order valence-electron chi connectivity index (χ2n) is 4.45. The van der Waals surface area contributed by atoms with Crippen LogP contribution in [-0.4, -0.2) is 39.0 Å². The molecule has 0 amide bonds. The Morgan fingerprint density at radius 2 is 2.00 bits per heavy atom. The third-order valence-corrected chi connectivity index (χ3v) is 4.43. The Bertz CT molecular complexity index is 532. The molecule has 1 aromatic carbocycles. The van der Waals surface area contributed by atoms with Crippen LogP contribution in [0.5, 0.6) is 0 Å². The minimum atomic E-state index is -3.32. The van der Waals surface area contributed by atoms with Gasteiger partial charge in [-0.15, -0.1) is 0 Å². The zero-order valence-corrected chi connectivity index (χ0v) is 11.7. The van der Waals surface area contributed by atoms with Crippen LogP contribution in [-0.2, 0) is 9.84 Å². The molecule has 0 aliphatic carbocycles. The van der Waals surface area contributed by atoms with Gasteiger partial charge in [-0.25, -0.2) is 8.42 Å². The Morgan fingerprint density at radius 3 is 2.53 bits per heavy atom. The minimum absolute atomic E-state index is 0.00293. The van der Waals surface area contributed by atoms with Crippen LogP contribution in [0.15, 0.2) is 29.2 Å². The molecule has 0 aliphatic rings. The Kier molecular flexibility index (Phi) is 5.96. The number of nitrogens with one attached hydrogen (secondary N) is 1. The molecule has 0 radical (unpaired) electrons. The van der Waals surface area contributed by atoms with E-state index in [4.69, 9.17) is 10.4 Å². The lowest BCUT2D eigenvalue weighted by Crippen LogP contribution is -2.28. The van der Waals surface area contributed by atoms with Crippen LogP contribution >= 0.6 is 0 Å². The fourth-order valence-corrected chi connectivity index (χ4v) is 2.67. The van der Waals surface area contributed by atoms with Gasteiger partial charge in [0.2, 0.25) is 0 Å². The summed E-state index contributed by atoms with van der Waals surface area (Å²) in [5, 5.41) is 20.5. The zero-order valence-electron chi connectivity index (χ0n) is 10.8.